The van der Waals surface area contributed by atoms with Crippen LogP contribution >= 0.6 is 0 Å². The van der Waals surface area contributed by atoms with Crippen molar-refractivity contribution in [2.24, 2.45) is 5.73 Å². The van der Waals surface area contributed by atoms with E-state index in [-0.39, 0.29) is 5.78 Å². The third-order valence-corrected chi connectivity index (χ3v) is 2.08. The molecule has 4 heteroatoms. The first-order valence-electron chi connectivity index (χ1n) is 4.16. The first-order valence-corrected chi connectivity index (χ1v) is 4.16. The summed E-state index contributed by atoms with van der Waals surface area (Å²) in [5, 5.41) is 0. The number of rotatable bonds is 3. The van der Waals surface area contributed by atoms with E-state index in [4.69, 9.17) is 5.73 Å². The van der Waals surface area contributed by atoms with Gasteiger partial charge in [0.1, 0.15) is 6.33 Å². The molecule has 0 fully saturated rings. The fraction of sp³-hybridized carbons (Fsp3) is 0.444. The second-order valence-corrected chi connectivity index (χ2v) is 3.23. The van der Waals surface area contributed by atoms with Gasteiger partial charge in [-0.1, -0.05) is 6.92 Å². The molecule has 1 rings (SSSR count). The van der Waals surface area contributed by atoms with Crippen molar-refractivity contribution in [1.82, 2.24) is 9.97 Å². The minimum Gasteiger partial charge on any atom is -0.319 e. The van der Waals surface area contributed by atoms with Crippen molar-refractivity contribution in [3.63, 3.8) is 0 Å². The molecule has 0 saturated carbocycles. The first kappa shape index (κ1) is 9.80. The minimum atomic E-state index is -0.815. The monoisotopic (exact) mass is 179 g/mol. The summed E-state index contributed by atoms with van der Waals surface area (Å²) in [4.78, 5) is 19.2. The molecule has 0 radical (unpaired) electrons. The highest BCUT2D eigenvalue weighted by atomic mass is 16.1. The lowest BCUT2D eigenvalue weighted by molar-refractivity contribution is 0.0897. The maximum absolute atomic E-state index is 11.7. The summed E-state index contributed by atoms with van der Waals surface area (Å²) in [6, 6.07) is 0. The molecule has 0 aliphatic carbocycles. The Morgan fingerprint density at radius 3 is 2.54 bits per heavy atom. The highest BCUT2D eigenvalue weighted by Crippen LogP contribution is 2.12. The van der Waals surface area contributed by atoms with Crippen LogP contribution < -0.4 is 5.73 Å². The lowest BCUT2D eigenvalue weighted by Crippen LogP contribution is -2.44. The highest BCUT2D eigenvalue weighted by Gasteiger charge is 2.27. The number of hydrogen-bond acceptors (Lipinski definition) is 4. The van der Waals surface area contributed by atoms with Gasteiger partial charge in [-0.15, -0.1) is 0 Å². The van der Waals surface area contributed by atoms with Crippen LogP contribution in [0.3, 0.4) is 0 Å². The van der Waals surface area contributed by atoms with Crippen molar-refractivity contribution in [3.05, 3.63) is 24.3 Å². The van der Waals surface area contributed by atoms with Crippen LogP contribution in [0.5, 0.6) is 0 Å². The number of aromatic nitrogens is 2. The average molecular weight is 179 g/mol. The number of Topliss-reactive ketones (excluding diaryl/α,β-unsaturated/α-hetero) is 1. The molecule has 0 spiro atoms. The number of nitrogens with two attached hydrogens (primary N) is 1. The quantitative estimate of drug-likeness (QED) is 0.696. The third kappa shape index (κ3) is 2.09. The fourth-order valence-corrected chi connectivity index (χ4v) is 0.907. The number of carbonyl (C=O) groups excluding carboxylic acids is 1. The van der Waals surface area contributed by atoms with Gasteiger partial charge in [0.2, 0.25) is 0 Å². The van der Waals surface area contributed by atoms with E-state index >= 15 is 0 Å². The van der Waals surface area contributed by atoms with E-state index < -0.39 is 5.54 Å². The van der Waals surface area contributed by atoms with Crippen molar-refractivity contribution in [3.8, 4) is 0 Å². The van der Waals surface area contributed by atoms with Gasteiger partial charge in [-0.3, -0.25) is 4.79 Å². The van der Waals surface area contributed by atoms with Crippen LogP contribution in [0.25, 0.3) is 0 Å². The predicted molar refractivity (Wildman–Crippen MR) is 49.2 cm³/mol. The van der Waals surface area contributed by atoms with Gasteiger partial charge in [0.15, 0.2) is 5.78 Å². The maximum atomic E-state index is 11.7. The standard InChI is InChI=1S/C9H13N3O/c1-3-9(2,10)8(13)7-4-11-6-12-5-7/h4-6H,3,10H2,1-2H3. The largest absolute Gasteiger partial charge is 0.319 e. The zero-order valence-corrected chi connectivity index (χ0v) is 7.82. The summed E-state index contributed by atoms with van der Waals surface area (Å²) in [7, 11) is 0. The van der Waals surface area contributed by atoms with Crippen LogP contribution in [0, 0.1) is 0 Å². The van der Waals surface area contributed by atoms with E-state index in [2.05, 4.69) is 9.97 Å². The molecule has 1 aromatic heterocycles. The van der Waals surface area contributed by atoms with Crippen LogP contribution in [-0.4, -0.2) is 21.3 Å². The number of ketones is 1. The smallest absolute Gasteiger partial charge is 0.185 e. The number of hydrogen-bond donors (Lipinski definition) is 1. The molecular weight excluding hydrogens is 166 g/mol. The Balaban J connectivity index is 2.93. The average Bonchev–Trinajstić information content (AvgIpc) is 2.18. The van der Waals surface area contributed by atoms with Crippen LogP contribution in [0.2, 0.25) is 0 Å². The van der Waals surface area contributed by atoms with Gasteiger partial charge in [0.25, 0.3) is 0 Å². The molecule has 0 aliphatic heterocycles. The predicted octanol–water partition coefficient (Wildman–Crippen LogP) is 0.787. The Hall–Kier alpha value is -1.29. The van der Waals surface area contributed by atoms with Gasteiger partial charge in [-0.05, 0) is 13.3 Å². The summed E-state index contributed by atoms with van der Waals surface area (Å²) >= 11 is 0. The maximum Gasteiger partial charge on any atom is 0.185 e. The summed E-state index contributed by atoms with van der Waals surface area (Å²) < 4.78 is 0. The van der Waals surface area contributed by atoms with E-state index in [9.17, 15) is 4.79 Å². The summed E-state index contributed by atoms with van der Waals surface area (Å²) in [6.45, 7) is 3.59. The van der Waals surface area contributed by atoms with E-state index in [1.807, 2.05) is 6.92 Å². The molecule has 1 heterocycles. The van der Waals surface area contributed by atoms with Crippen LogP contribution in [-0.2, 0) is 0 Å². The van der Waals surface area contributed by atoms with Crippen LogP contribution in [0.15, 0.2) is 18.7 Å². The van der Waals surface area contributed by atoms with Gasteiger partial charge in [0, 0.05) is 12.4 Å². The minimum absolute atomic E-state index is 0.115. The normalized spacial score (nSPS) is 15.0. The molecule has 1 atom stereocenters. The zero-order chi connectivity index (χ0) is 9.90. The SMILES string of the molecule is CCC(C)(N)C(=O)c1cncnc1. The van der Waals surface area contributed by atoms with Crippen molar-refractivity contribution >= 4 is 5.78 Å². The Labute approximate surface area is 77.2 Å². The lowest BCUT2D eigenvalue weighted by Gasteiger charge is -2.20. The number of carbonyl (C=O) groups is 1. The van der Waals surface area contributed by atoms with E-state index in [0.717, 1.165) is 0 Å². The Kier molecular flexibility index (Phi) is 2.72. The molecular formula is C9H13N3O. The van der Waals surface area contributed by atoms with Crippen molar-refractivity contribution in [2.75, 3.05) is 0 Å². The summed E-state index contributed by atoms with van der Waals surface area (Å²) in [6.07, 6.45) is 4.95. The van der Waals surface area contributed by atoms with Gasteiger partial charge >= 0.3 is 0 Å². The molecule has 0 bridgehead atoms. The summed E-state index contributed by atoms with van der Waals surface area (Å²) in [5.74, 6) is -0.115. The zero-order valence-electron chi connectivity index (χ0n) is 7.82. The van der Waals surface area contributed by atoms with Crippen molar-refractivity contribution in [1.29, 1.82) is 0 Å². The van der Waals surface area contributed by atoms with Gasteiger partial charge < -0.3 is 5.73 Å². The van der Waals surface area contributed by atoms with Crippen LogP contribution in [0.4, 0.5) is 0 Å². The second-order valence-electron chi connectivity index (χ2n) is 3.23. The Bertz CT molecular complexity index is 295. The molecule has 0 amide bonds. The Morgan fingerprint density at radius 2 is 2.08 bits per heavy atom. The molecule has 1 aromatic rings. The third-order valence-electron chi connectivity index (χ3n) is 2.08. The first-order chi connectivity index (χ1) is 6.08. The van der Waals surface area contributed by atoms with Crippen molar-refractivity contribution < 1.29 is 4.79 Å². The molecule has 13 heavy (non-hydrogen) atoms. The topological polar surface area (TPSA) is 68.9 Å². The van der Waals surface area contributed by atoms with E-state index in [1.165, 1.54) is 18.7 Å². The van der Waals surface area contributed by atoms with E-state index in [0.29, 0.717) is 12.0 Å². The molecule has 0 saturated heterocycles. The molecule has 4 nitrogen and oxygen atoms in total. The molecule has 2 N–H and O–H groups in total. The molecule has 70 valence electrons. The van der Waals surface area contributed by atoms with Crippen molar-refractivity contribution in [2.45, 2.75) is 25.8 Å². The van der Waals surface area contributed by atoms with E-state index in [1.54, 1.807) is 6.92 Å². The van der Waals surface area contributed by atoms with Crippen LogP contribution in [0.1, 0.15) is 30.6 Å². The fourth-order valence-electron chi connectivity index (χ4n) is 0.907. The summed E-state index contributed by atoms with van der Waals surface area (Å²) in [5.41, 5.74) is 5.44. The second kappa shape index (κ2) is 3.62. The lowest BCUT2D eigenvalue weighted by atomic mass is 9.91. The molecule has 0 aliphatic rings. The van der Waals surface area contributed by atoms with Gasteiger partial charge in [0.05, 0.1) is 11.1 Å². The van der Waals surface area contributed by atoms with Gasteiger partial charge in [-0.25, -0.2) is 9.97 Å². The molecule has 1 unspecified atom stereocenters. The Morgan fingerprint density at radius 1 is 1.54 bits per heavy atom. The highest BCUT2D eigenvalue weighted by molar-refractivity contribution is 6.02. The number of nitrogens with zero attached hydrogens (tertiary/aromatic N) is 2. The molecule has 0 aromatic carbocycles. The van der Waals surface area contributed by atoms with Gasteiger partial charge in [-0.2, -0.15) is 0 Å².